The second-order valence-electron chi connectivity index (χ2n) is 4.53. The normalized spacial score (nSPS) is 13.0. The van der Waals surface area contributed by atoms with E-state index in [1.54, 1.807) is 0 Å². The molecule has 0 amide bonds. The Balaban J connectivity index is 2.87. The van der Waals surface area contributed by atoms with Crippen molar-refractivity contribution in [3.63, 3.8) is 0 Å². The fourth-order valence-electron chi connectivity index (χ4n) is 1.69. The SMILES string of the molecule is CCCCCCCCCCNC[C@H](C)O. The summed E-state index contributed by atoms with van der Waals surface area (Å²) in [5, 5.41) is 12.3. The average Bonchev–Trinajstić information content (AvgIpc) is 2.20. The molecule has 92 valence electrons. The molecule has 0 unspecified atom stereocenters. The molecule has 15 heavy (non-hydrogen) atoms. The van der Waals surface area contributed by atoms with E-state index in [2.05, 4.69) is 12.2 Å². The molecule has 0 bridgehead atoms. The zero-order valence-electron chi connectivity index (χ0n) is 10.6. The van der Waals surface area contributed by atoms with Crippen molar-refractivity contribution in [2.75, 3.05) is 13.1 Å². The zero-order chi connectivity index (χ0) is 11.4. The van der Waals surface area contributed by atoms with Crippen LogP contribution in [0.5, 0.6) is 0 Å². The molecule has 0 saturated heterocycles. The Labute approximate surface area is 95.5 Å². The largest absolute Gasteiger partial charge is 0.392 e. The molecule has 1 atom stereocenters. The molecule has 0 aliphatic carbocycles. The van der Waals surface area contributed by atoms with E-state index in [0.29, 0.717) is 0 Å². The van der Waals surface area contributed by atoms with Crippen LogP contribution in [0.4, 0.5) is 0 Å². The first kappa shape index (κ1) is 14.9. The number of rotatable bonds is 11. The van der Waals surface area contributed by atoms with Gasteiger partial charge in [-0.1, -0.05) is 51.9 Å². The Morgan fingerprint density at radius 3 is 2.00 bits per heavy atom. The predicted octanol–water partition coefficient (Wildman–Crippen LogP) is 3.10. The van der Waals surface area contributed by atoms with Crippen molar-refractivity contribution < 1.29 is 5.11 Å². The molecule has 0 radical (unpaired) electrons. The molecule has 0 heterocycles. The van der Waals surface area contributed by atoms with E-state index >= 15 is 0 Å². The van der Waals surface area contributed by atoms with Crippen molar-refractivity contribution in [3.8, 4) is 0 Å². The smallest absolute Gasteiger partial charge is 0.0636 e. The molecule has 0 spiro atoms. The first-order chi connectivity index (χ1) is 7.27. The number of hydrogen-bond donors (Lipinski definition) is 2. The molecule has 0 aromatic carbocycles. The van der Waals surface area contributed by atoms with Gasteiger partial charge in [0, 0.05) is 6.54 Å². The molecule has 0 rings (SSSR count). The van der Waals surface area contributed by atoms with Crippen molar-refractivity contribution in [2.45, 2.75) is 71.3 Å². The van der Waals surface area contributed by atoms with Crippen LogP contribution in [0, 0.1) is 0 Å². The summed E-state index contributed by atoms with van der Waals surface area (Å²) in [6, 6.07) is 0. The summed E-state index contributed by atoms with van der Waals surface area (Å²) in [6.45, 7) is 5.87. The molecule has 2 nitrogen and oxygen atoms in total. The third-order valence-corrected chi connectivity index (χ3v) is 2.65. The molecule has 0 aromatic rings. The monoisotopic (exact) mass is 215 g/mol. The van der Waals surface area contributed by atoms with E-state index in [4.69, 9.17) is 5.11 Å². The van der Waals surface area contributed by atoms with Crippen LogP contribution in [0.15, 0.2) is 0 Å². The lowest BCUT2D eigenvalue weighted by molar-refractivity contribution is 0.191. The topological polar surface area (TPSA) is 32.3 Å². The standard InChI is InChI=1S/C13H29NO/c1-3-4-5-6-7-8-9-10-11-14-12-13(2)15/h13-15H,3-12H2,1-2H3/t13-/m0/s1. The van der Waals surface area contributed by atoms with Gasteiger partial charge in [-0.2, -0.15) is 0 Å². The summed E-state index contributed by atoms with van der Waals surface area (Å²) in [5.41, 5.74) is 0. The van der Waals surface area contributed by atoms with E-state index in [1.807, 2.05) is 6.92 Å². The summed E-state index contributed by atoms with van der Waals surface area (Å²) in [5.74, 6) is 0. The quantitative estimate of drug-likeness (QED) is 0.519. The second kappa shape index (κ2) is 12.0. The highest BCUT2D eigenvalue weighted by atomic mass is 16.3. The van der Waals surface area contributed by atoms with Gasteiger partial charge >= 0.3 is 0 Å². The van der Waals surface area contributed by atoms with Gasteiger partial charge in [0.25, 0.3) is 0 Å². The summed E-state index contributed by atoms with van der Waals surface area (Å²) in [4.78, 5) is 0. The summed E-state index contributed by atoms with van der Waals surface area (Å²) in [6.07, 6.45) is 10.7. The third-order valence-electron chi connectivity index (χ3n) is 2.65. The minimum absolute atomic E-state index is 0.209. The minimum atomic E-state index is -0.209. The number of aliphatic hydroxyl groups excluding tert-OH is 1. The van der Waals surface area contributed by atoms with Gasteiger partial charge in [0.2, 0.25) is 0 Å². The van der Waals surface area contributed by atoms with Crippen molar-refractivity contribution >= 4 is 0 Å². The van der Waals surface area contributed by atoms with Crippen LogP contribution >= 0.6 is 0 Å². The summed E-state index contributed by atoms with van der Waals surface area (Å²) >= 11 is 0. The number of hydrogen-bond acceptors (Lipinski definition) is 2. The molecular formula is C13H29NO. The fraction of sp³-hybridized carbons (Fsp3) is 1.00. The van der Waals surface area contributed by atoms with E-state index in [1.165, 1.54) is 51.4 Å². The van der Waals surface area contributed by atoms with E-state index < -0.39 is 0 Å². The first-order valence-electron chi connectivity index (χ1n) is 6.66. The van der Waals surface area contributed by atoms with Crippen molar-refractivity contribution in [1.82, 2.24) is 5.32 Å². The van der Waals surface area contributed by atoms with Crippen LogP contribution in [0.1, 0.15) is 65.2 Å². The van der Waals surface area contributed by atoms with Gasteiger partial charge in [0.1, 0.15) is 0 Å². The highest BCUT2D eigenvalue weighted by Gasteiger charge is 1.94. The molecule has 2 N–H and O–H groups in total. The first-order valence-corrected chi connectivity index (χ1v) is 6.66. The molecule has 2 heteroatoms. The maximum atomic E-state index is 9.01. The second-order valence-corrected chi connectivity index (χ2v) is 4.53. The van der Waals surface area contributed by atoms with Crippen molar-refractivity contribution in [3.05, 3.63) is 0 Å². The Morgan fingerprint density at radius 2 is 1.47 bits per heavy atom. The molecule has 0 saturated carbocycles. The summed E-state index contributed by atoms with van der Waals surface area (Å²) < 4.78 is 0. The maximum absolute atomic E-state index is 9.01. The number of aliphatic hydroxyl groups is 1. The van der Waals surface area contributed by atoms with Crippen molar-refractivity contribution in [2.24, 2.45) is 0 Å². The van der Waals surface area contributed by atoms with Crippen LogP contribution in [-0.2, 0) is 0 Å². The molecular weight excluding hydrogens is 186 g/mol. The molecule has 0 aliphatic heterocycles. The van der Waals surface area contributed by atoms with Gasteiger partial charge in [-0.3, -0.25) is 0 Å². The predicted molar refractivity (Wildman–Crippen MR) is 67.2 cm³/mol. The Kier molecular flexibility index (Phi) is 11.9. The lowest BCUT2D eigenvalue weighted by atomic mass is 10.1. The van der Waals surface area contributed by atoms with Gasteiger partial charge in [-0.15, -0.1) is 0 Å². The van der Waals surface area contributed by atoms with Gasteiger partial charge in [-0.25, -0.2) is 0 Å². The van der Waals surface area contributed by atoms with E-state index in [0.717, 1.165) is 13.1 Å². The zero-order valence-corrected chi connectivity index (χ0v) is 10.6. The van der Waals surface area contributed by atoms with Crippen LogP contribution in [0.25, 0.3) is 0 Å². The van der Waals surface area contributed by atoms with Crippen molar-refractivity contribution in [1.29, 1.82) is 0 Å². The maximum Gasteiger partial charge on any atom is 0.0636 e. The molecule has 0 aliphatic rings. The van der Waals surface area contributed by atoms with Gasteiger partial charge < -0.3 is 10.4 Å². The van der Waals surface area contributed by atoms with Gasteiger partial charge in [0.05, 0.1) is 6.10 Å². The third kappa shape index (κ3) is 13.9. The van der Waals surface area contributed by atoms with Crippen LogP contribution in [0.2, 0.25) is 0 Å². The lowest BCUT2D eigenvalue weighted by Crippen LogP contribution is -2.25. The van der Waals surface area contributed by atoms with E-state index in [9.17, 15) is 0 Å². The van der Waals surface area contributed by atoms with Gasteiger partial charge in [-0.05, 0) is 19.9 Å². The van der Waals surface area contributed by atoms with Gasteiger partial charge in [0.15, 0.2) is 0 Å². The highest BCUT2D eigenvalue weighted by molar-refractivity contribution is 4.53. The average molecular weight is 215 g/mol. The lowest BCUT2D eigenvalue weighted by Gasteiger charge is -2.06. The number of nitrogens with one attached hydrogen (secondary N) is 1. The number of unbranched alkanes of at least 4 members (excludes halogenated alkanes) is 7. The minimum Gasteiger partial charge on any atom is -0.392 e. The molecule has 0 fully saturated rings. The molecule has 0 aromatic heterocycles. The van der Waals surface area contributed by atoms with Crippen LogP contribution in [0.3, 0.4) is 0 Å². The highest BCUT2D eigenvalue weighted by Crippen LogP contribution is 2.07. The fourth-order valence-corrected chi connectivity index (χ4v) is 1.69. The van der Waals surface area contributed by atoms with Crippen LogP contribution in [-0.4, -0.2) is 24.3 Å². The Bertz CT molecular complexity index is 115. The summed E-state index contributed by atoms with van der Waals surface area (Å²) in [7, 11) is 0. The Hall–Kier alpha value is -0.0800. The van der Waals surface area contributed by atoms with E-state index in [-0.39, 0.29) is 6.10 Å². The Morgan fingerprint density at radius 1 is 0.933 bits per heavy atom. The van der Waals surface area contributed by atoms with Crippen LogP contribution < -0.4 is 5.32 Å².